The molecular weight excluding hydrogens is 1180 g/mol. The van der Waals surface area contributed by atoms with Crippen LogP contribution >= 0.6 is 35.7 Å². The first-order valence-electron chi connectivity index (χ1n) is 25.4. The second-order valence-corrected chi connectivity index (χ2v) is 35.2. The summed E-state index contributed by atoms with van der Waals surface area (Å²) in [6.45, 7) is 10.5. The summed E-state index contributed by atoms with van der Waals surface area (Å²) in [5, 5.41) is 15.7. The lowest BCUT2D eigenvalue weighted by atomic mass is 10.1. The van der Waals surface area contributed by atoms with Gasteiger partial charge in [0.25, 0.3) is 0 Å². The zero-order chi connectivity index (χ0) is 59.5. The first-order chi connectivity index (χ1) is 37.6. The van der Waals surface area contributed by atoms with E-state index in [9.17, 15) is 9.13 Å². The quantitative estimate of drug-likeness (QED) is 0.0106. The van der Waals surface area contributed by atoms with Crippen LogP contribution in [0.2, 0.25) is 0 Å². The molecular formula is C52H79N10O10P5S3. The lowest BCUT2D eigenvalue weighted by molar-refractivity contribution is 0.117. The molecule has 4 rings (SSSR count). The number of benzene rings is 4. The van der Waals surface area contributed by atoms with E-state index in [4.69, 9.17) is 88.2 Å². The minimum absolute atomic E-state index is 0.0928. The monoisotopic (exact) mass is 1250 g/mol. The molecule has 80 heavy (non-hydrogen) atoms. The summed E-state index contributed by atoms with van der Waals surface area (Å²) in [5.74, 6) is 2.59. The molecule has 0 saturated heterocycles. The second-order valence-electron chi connectivity index (χ2n) is 20.0. The van der Waals surface area contributed by atoms with Gasteiger partial charge in [0, 0.05) is 61.0 Å². The molecule has 4 atom stereocenters. The fourth-order valence-corrected chi connectivity index (χ4v) is 15.0. The fraction of sp³-hybridized carbons (Fsp3) is 0.481. The van der Waals surface area contributed by atoms with Gasteiger partial charge in [-0.15, -0.1) is 0 Å². The molecule has 0 aliphatic rings. The lowest BCUT2D eigenvalue weighted by Gasteiger charge is -2.35. The van der Waals surface area contributed by atoms with Crippen LogP contribution in [0.15, 0.2) is 117 Å². The molecule has 0 N–H and O–H groups in total. The van der Waals surface area contributed by atoms with Crippen molar-refractivity contribution in [2.24, 2.45) is 20.4 Å². The Bertz CT molecular complexity index is 2910. The molecule has 0 heterocycles. The smallest absolute Gasteiger partial charge is 0.344 e. The number of nitrogens with zero attached hydrogens (tertiary/aromatic N) is 10. The Hall–Kier alpha value is -3.99. The Kier molecular flexibility index (Phi) is 26.6. The summed E-state index contributed by atoms with van der Waals surface area (Å²) in [5.41, 5.74) is 11.3. The van der Waals surface area contributed by atoms with E-state index >= 15 is 0 Å². The third kappa shape index (κ3) is 21.3. The summed E-state index contributed by atoms with van der Waals surface area (Å²) in [6.07, 6.45) is 7.26. The van der Waals surface area contributed by atoms with Crippen LogP contribution in [0.4, 0.5) is 0 Å². The van der Waals surface area contributed by atoms with Crippen LogP contribution in [0.3, 0.4) is 0 Å². The highest BCUT2D eigenvalue weighted by Gasteiger charge is 2.34. The summed E-state index contributed by atoms with van der Waals surface area (Å²) in [6, 6.07) is 30.4. The highest BCUT2D eigenvalue weighted by Crippen LogP contribution is 2.52. The predicted molar refractivity (Wildman–Crippen MR) is 339 cm³/mol. The highest BCUT2D eigenvalue weighted by molar-refractivity contribution is 8.05. The van der Waals surface area contributed by atoms with E-state index in [0.717, 1.165) is 35.1 Å². The predicted octanol–water partition coefficient (Wildman–Crippen LogP) is 13.6. The topological polar surface area (TPSA) is 207 Å². The zero-order valence-electron chi connectivity index (χ0n) is 48.4. The van der Waals surface area contributed by atoms with Gasteiger partial charge >= 0.3 is 15.2 Å². The molecule has 20 nitrogen and oxygen atoms in total. The number of hydrogen-bond acceptors (Lipinski definition) is 18. The number of rotatable bonds is 34. The van der Waals surface area contributed by atoms with Crippen molar-refractivity contribution in [1.82, 2.24) is 19.2 Å². The van der Waals surface area contributed by atoms with E-state index < -0.39 is 57.5 Å². The average Bonchev–Trinajstić information content (AvgIpc) is 3.47. The number of ether oxygens (including phenoxy) is 4. The summed E-state index contributed by atoms with van der Waals surface area (Å²) < 4.78 is 77.2. The van der Waals surface area contributed by atoms with Gasteiger partial charge in [0.1, 0.15) is 51.6 Å². The van der Waals surface area contributed by atoms with Crippen LogP contribution in [0, 0.1) is 0 Å². The fourth-order valence-electron chi connectivity index (χ4n) is 7.70. The summed E-state index contributed by atoms with van der Waals surface area (Å²) in [7, 11) is 3.96. The van der Waals surface area contributed by atoms with Crippen molar-refractivity contribution in [3.05, 3.63) is 130 Å². The van der Waals surface area contributed by atoms with Gasteiger partial charge < -0.3 is 37.0 Å². The molecule has 4 aromatic carbocycles. The maximum atomic E-state index is 13.0. The van der Waals surface area contributed by atoms with Crippen molar-refractivity contribution in [1.29, 1.82) is 0 Å². The molecule has 4 aromatic rings. The Morgan fingerprint density at radius 3 is 1.24 bits per heavy atom. The molecule has 0 bridgehead atoms. The van der Waals surface area contributed by atoms with E-state index in [-0.39, 0.29) is 12.6 Å². The van der Waals surface area contributed by atoms with E-state index in [1.165, 1.54) is 28.4 Å². The van der Waals surface area contributed by atoms with Crippen molar-refractivity contribution in [2.75, 3.05) is 68.7 Å². The minimum Gasteiger partial charge on any atom is -0.482 e. The van der Waals surface area contributed by atoms with Crippen LogP contribution in [0.25, 0.3) is 10.4 Å². The molecule has 0 aromatic heterocycles. The van der Waals surface area contributed by atoms with E-state index in [2.05, 4.69) is 29.0 Å². The van der Waals surface area contributed by atoms with Gasteiger partial charge in [0.05, 0.1) is 39.2 Å². The molecule has 440 valence electrons. The normalized spacial score (nSPS) is 14.6. The van der Waals surface area contributed by atoms with Gasteiger partial charge in [-0.2, -0.15) is 15.3 Å². The average molecular weight is 1260 g/mol. The molecule has 0 radical (unpaired) electrons. The number of azide groups is 1. The SMILES string of the molecule is CCCC(C)(Oc1ccc(/C=N/N(C)[PH](=S)C(C)(C)Oc2ccc(CCN(CP(=O)(OC)OC)CP(=O)(OC)OC)cc2)cc1)[PH](=S)N(C)/N=C/c1ccc(OC(C)(C)[PH](=S)N(C)/N=C/c2ccc(OC(C)(C)N=[N+]=[N-])cc2)cc1. The van der Waals surface area contributed by atoms with Crippen LogP contribution < -0.4 is 18.9 Å². The Morgan fingerprint density at radius 1 is 0.550 bits per heavy atom. The maximum Gasteiger partial charge on any atom is 0.344 e. The van der Waals surface area contributed by atoms with Crippen LogP contribution in [0.1, 0.15) is 90.5 Å². The Labute approximate surface area is 490 Å². The van der Waals surface area contributed by atoms with Gasteiger partial charge in [-0.25, -0.2) is 0 Å². The first kappa shape index (κ1) is 68.5. The third-order valence-corrected chi connectivity index (χ3v) is 28.1. The lowest BCUT2D eigenvalue weighted by Crippen LogP contribution is -2.31. The van der Waals surface area contributed by atoms with Crippen molar-refractivity contribution < 1.29 is 46.2 Å². The summed E-state index contributed by atoms with van der Waals surface area (Å²) >= 11 is 18.2. The van der Waals surface area contributed by atoms with Crippen LogP contribution in [-0.2, 0) is 69.1 Å². The highest BCUT2D eigenvalue weighted by atomic mass is 32.4. The third-order valence-electron chi connectivity index (χ3n) is 12.1. The molecule has 0 spiro atoms. The second kappa shape index (κ2) is 31.1. The van der Waals surface area contributed by atoms with E-state index in [0.29, 0.717) is 36.0 Å². The molecule has 0 fully saturated rings. The van der Waals surface area contributed by atoms with Crippen LogP contribution in [-0.4, -0.2) is 128 Å². The molecule has 28 heteroatoms. The van der Waals surface area contributed by atoms with E-state index in [1.807, 2.05) is 139 Å². The van der Waals surface area contributed by atoms with Crippen molar-refractivity contribution in [3.63, 3.8) is 0 Å². The Balaban J connectivity index is 1.30. The summed E-state index contributed by atoms with van der Waals surface area (Å²) in [4.78, 5) is 4.53. The number of hydrazone groups is 3. The standard InChI is InChI=1S/C52H79N10O10P5S3/c1-16-34-52(8,75(80)61(11)56-38-43-21-29-47(30-22-43)71-51(6,7)74(79)59(9)54-36-42-19-27-45(28-20-42)69-49(2,3)57-58-53)72-48-31-23-44(24-32-48)37-55-60(10)73(78)50(4,5)70-46-25-17-41(18-26-46)33-35-62(39-76(63,65-12)66-13)40-77(64,67-14)68-15/h17-32,36-38,73-75H,16,33-35,39-40H2,1-15H3/b54-36+,55-37+,56-38+. The van der Waals surface area contributed by atoms with Crippen molar-refractivity contribution in [2.45, 2.75) is 96.4 Å². The first-order valence-corrected chi connectivity index (χ1v) is 36.6. The molecule has 0 aliphatic heterocycles. The molecule has 0 saturated carbocycles. The van der Waals surface area contributed by atoms with Gasteiger partial charge in [-0.05, 0) is 179 Å². The van der Waals surface area contributed by atoms with Crippen molar-refractivity contribution in [3.8, 4) is 23.0 Å². The van der Waals surface area contributed by atoms with Crippen molar-refractivity contribution >= 4 is 89.8 Å². The minimum atomic E-state index is -3.45. The Morgan fingerprint density at radius 2 is 0.887 bits per heavy atom. The van der Waals surface area contributed by atoms with Gasteiger partial charge in [-0.3, -0.25) is 28.4 Å². The molecule has 0 aliphatic carbocycles. The van der Waals surface area contributed by atoms with Crippen LogP contribution in [0.5, 0.6) is 23.0 Å². The van der Waals surface area contributed by atoms with Gasteiger partial charge in [0.15, 0.2) is 5.72 Å². The maximum absolute atomic E-state index is 13.0. The zero-order valence-corrected chi connectivity index (χ0v) is 55.6. The largest absolute Gasteiger partial charge is 0.482 e. The van der Waals surface area contributed by atoms with Gasteiger partial charge in [0.2, 0.25) is 0 Å². The van der Waals surface area contributed by atoms with E-state index in [1.54, 1.807) is 59.1 Å². The number of hydrogen-bond donors (Lipinski definition) is 0. The molecule has 0 amide bonds. The van der Waals surface area contributed by atoms with Gasteiger partial charge in [-0.1, -0.05) is 60.9 Å². The molecule has 4 unspecified atom stereocenters.